The standard InChI is InChI=1S/C23H29N3/c1-5-9-19(10-6-2)22(16-20-11-7-8-14-25-20)21-13-12-18(17-24)15-23(21)26(3)4/h7-8,11-16,19H,5-6,9-10H2,1-4H3/b22-16+. The highest BCUT2D eigenvalue weighted by atomic mass is 15.1. The number of rotatable bonds is 8. The van der Waals surface area contributed by atoms with E-state index in [-0.39, 0.29) is 0 Å². The van der Waals surface area contributed by atoms with Crippen molar-refractivity contribution in [3.05, 3.63) is 59.4 Å². The highest BCUT2D eigenvalue weighted by Gasteiger charge is 2.19. The first-order valence-electron chi connectivity index (χ1n) is 9.45. The second-order valence-electron chi connectivity index (χ2n) is 6.87. The Morgan fingerprint density at radius 2 is 1.88 bits per heavy atom. The maximum Gasteiger partial charge on any atom is 0.0992 e. The van der Waals surface area contributed by atoms with E-state index in [0.717, 1.165) is 37.1 Å². The average Bonchev–Trinajstić information content (AvgIpc) is 2.66. The van der Waals surface area contributed by atoms with Gasteiger partial charge in [0.2, 0.25) is 0 Å². The number of nitrogens with zero attached hydrogens (tertiary/aromatic N) is 3. The van der Waals surface area contributed by atoms with Gasteiger partial charge in [-0.25, -0.2) is 0 Å². The molecule has 3 heteroatoms. The molecule has 0 spiro atoms. The summed E-state index contributed by atoms with van der Waals surface area (Å²) in [6.45, 7) is 4.49. The van der Waals surface area contributed by atoms with Crippen LogP contribution in [0.25, 0.3) is 11.6 Å². The lowest BCUT2D eigenvalue weighted by Gasteiger charge is -2.25. The van der Waals surface area contributed by atoms with Crippen LogP contribution < -0.4 is 4.90 Å². The molecule has 2 aromatic rings. The molecular formula is C23H29N3. The summed E-state index contributed by atoms with van der Waals surface area (Å²) >= 11 is 0. The largest absolute Gasteiger partial charge is 0.377 e. The minimum Gasteiger partial charge on any atom is -0.377 e. The van der Waals surface area contributed by atoms with Gasteiger partial charge in [-0.1, -0.05) is 38.8 Å². The summed E-state index contributed by atoms with van der Waals surface area (Å²) in [5.74, 6) is 0.485. The molecule has 0 radical (unpaired) electrons. The monoisotopic (exact) mass is 347 g/mol. The van der Waals surface area contributed by atoms with Gasteiger partial charge in [-0.3, -0.25) is 4.98 Å². The minimum absolute atomic E-state index is 0.485. The molecule has 0 unspecified atom stereocenters. The van der Waals surface area contributed by atoms with Crippen molar-refractivity contribution in [3.63, 3.8) is 0 Å². The summed E-state index contributed by atoms with van der Waals surface area (Å²) in [6.07, 6.45) is 8.67. The van der Waals surface area contributed by atoms with Gasteiger partial charge in [0.15, 0.2) is 0 Å². The number of hydrogen-bond acceptors (Lipinski definition) is 3. The van der Waals surface area contributed by atoms with E-state index in [2.05, 4.69) is 41.9 Å². The summed E-state index contributed by atoms with van der Waals surface area (Å²) in [7, 11) is 4.07. The van der Waals surface area contributed by atoms with E-state index in [0.29, 0.717) is 11.5 Å². The first-order valence-corrected chi connectivity index (χ1v) is 9.45. The summed E-state index contributed by atoms with van der Waals surface area (Å²) in [6, 6.07) is 14.3. The Balaban J connectivity index is 2.64. The van der Waals surface area contributed by atoms with Crippen LogP contribution in [0.2, 0.25) is 0 Å². The van der Waals surface area contributed by atoms with Crippen LogP contribution in [0.1, 0.15) is 56.4 Å². The molecule has 0 fully saturated rings. The zero-order valence-electron chi connectivity index (χ0n) is 16.4. The Labute approximate surface area is 158 Å². The van der Waals surface area contributed by atoms with E-state index in [1.807, 2.05) is 50.6 Å². The van der Waals surface area contributed by atoms with Gasteiger partial charge in [-0.05, 0) is 54.7 Å². The van der Waals surface area contributed by atoms with Crippen LogP contribution in [-0.2, 0) is 0 Å². The zero-order chi connectivity index (χ0) is 18.9. The van der Waals surface area contributed by atoms with Crippen molar-refractivity contribution in [1.82, 2.24) is 4.98 Å². The molecule has 0 aliphatic carbocycles. The molecule has 0 N–H and O–H groups in total. The molecular weight excluding hydrogens is 318 g/mol. The van der Waals surface area contributed by atoms with Gasteiger partial charge in [-0.2, -0.15) is 5.26 Å². The topological polar surface area (TPSA) is 39.9 Å². The first-order chi connectivity index (χ1) is 12.6. The van der Waals surface area contributed by atoms with E-state index in [1.165, 1.54) is 11.1 Å². The molecule has 26 heavy (non-hydrogen) atoms. The fourth-order valence-corrected chi connectivity index (χ4v) is 3.40. The number of pyridine rings is 1. The minimum atomic E-state index is 0.485. The summed E-state index contributed by atoms with van der Waals surface area (Å²) in [5, 5.41) is 9.29. The second kappa shape index (κ2) is 9.77. The van der Waals surface area contributed by atoms with Crippen LogP contribution in [0.4, 0.5) is 5.69 Å². The van der Waals surface area contributed by atoms with Crippen molar-refractivity contribution < 1.29 is 0 Å². The SMILES string of the molecule is CCCC(CCC)/C(=C\c1ccccn1)c1ccc(C#N)cc1N(C)C. The Kier molecular flexibility index (Phi) is 7.41. The lowest BCUT2D eigenvalue weighted by Crippen LogP contribution is -2.13. The first kappa shape index (κ1) is 19.7. The molecule has 1 aromatic carbocycles. The number of anilines is 1. The predicted molar refractivity (Wildman–Crippen MR) is 111 cm³/mol. The predicted octanol–water partition coefficient (Wildman–Crippen LogP) is 5.78. The molecule has 0 aliphatic rings. The molecule has 0 saturated carbocycles. The highest BCUT2D eigenvalue weighted by molar-refractivity contribution is 5.88. The second-order valence-corrected chi connectivity index (χ2v) is 6.87. The van der Waals surface area contributed by atoms with Crippen LogP contribution in [0.15, 0.2) is 42.6 Å². The molecule has 0 bridgehead atoms. The molecule has 2 rings (SSSR count). The Morgan fingerprint density at radius 3 is 2.42 bits per heavy atom. The third kappa shape index (κ3) is 4.95. The van der Waals surface area contributed by atoms with E-state index in [4.69, 9.17) is 0 Å². The summed E-state index contributed by atoms with van der Waals surface area (Å²) < 4.78 is 0. The van der Waals surface area contributed by atoms with Crippen LogP contribution >= 0.6 is 0 Å². The number of allylic oxidation sites excluding steroid dienone is 1. The maximum atomic E-state index is 9.29. The number of nitriles is 1. The van der Waals surface area contributed by atoms with Gasteiger partial charge >= 0.3 is 0 Å². The van der Waals surface area contributed by atoms with Gasteiger partial charge in [0, 0.05) is 31.5 Å². The Bertz CT molecular complexity index is 764. The molecule has 0 saturated heterocycles. The fourth-order valence-electron chi connectivity index (χ4n) is 3.40. The van der Waals surface area contributed by atoms with Gasteiger partial charge in [0.1, 0.15) is 0 Å². The summed E-state index contributed by atoms with van der Waals surface area (Å²) in [5.41, 5.74) is 5.28. The van der Waals surface area contributed by atoms with E-state index in [1.54, 1.807) is 0 Å². The number of hydrogen-bond donors (Lipinski definition) is 0. The van der Waals surface area contributed by atoms with Crippen LogP contribution in [0, 0.1) is 17.2 Å². The van der Waals surface area contributed by atoms with Gasteiger partial charge in [-0.15, -0.1) is 0 Å². The quantitative estimate of drug-likeness (QED) is 0.608. The zero-order valence-corrected chi connectivity index (χ0v) is 16.4. The van der Waals surface area contributed by atoms with Crippen molar-refractivity contribution in [1.29, 1.82) is 5.26 Å². The summed E-state index contributed by atoms with van der Waals surface area (Å²) in [4.78, 5) is 6.61. The fraction of sp³-hybridized carbons (Fsp3) is 0.391. The van der Waals surface area contributed by atoms with Crippen molar-refractivity contribution in [2.75, 3.05) is 19.0 Å². The normalized spacial score (nSPS) is 11.5. The van der Waals surface area contributed by atoms with Gasteiger partial charge < -0.3 is 4.90 Å². The number of benzene rings is 1. The maximum absolute atomic E-state index is 9.29. The lowest BCUT2D eigenvalue weighted by atomic mass is 9.84. The molecule has 0 amide bonds. The van der Waals surface area contributed by atoms with Gasteiger partial charge in [0.25, 0.3) is 0 Å². The van der Waals surface area contributed by atoms with E-state index in [9.17, 15) is 5.26 Å². The Morgan fingerprint density at radius 1 is 1.15 bits per heavy atom. The van der Waals surface area contributed by atoms with Crippen LogP contribution in [0.3, 0.4) is 0 Å². The van der Waals surface area contributed by atoms with Crippen LogP contribution in [-0.4, -0.2) is 19.1 Å². The average molecular weight is 348 g/mol. The Hall–Kier alpha value is -2.60. The molecule has 0 atom stereocenters. The third-order valence-electron chi connectivity index (χ3n) is 4.62. The van der Waals surface area contributed by atoms with E-state index >= 15 is 0 Å². The van der Waals surface area contributed by atoms with Gasteiger partial charge in [0.05, 0.1) is 17.3 Å². The molecule has 1 aromatic heterocycles. The lowest BCUT2D eigenvalue weighted by molar-refractivity contribution is 0.545. The van der Waals surface area contributed by atoms with Crippen LogP contribution in [0.5, 0.6) is 0 Å². The highest BCUT2D eigenvalue weighted by Crippen LogP contribution is 2.37. The third-order valence-corrected chi connectivity index (χ3v) is 4.62. The molecule has 0 aliphatic heterocycles. The molecule has 3 nitrogen and oxygen atoms in total. The molecule has 136 valence electrons. The smallest absolute Gasteiger partial charge is 0.0992 e. The van der Waals surface area contributed by atoms with Crippen molar-refractivity contribution in [3.8, 4) is 6.07 Å². The van der Waals surface area contributed by atoms with Crippen molar-refractivity contribution in [2.24, 2.45) is 5.92 Å². The van der Waals surface area contributed by atoms with Crippen molar-refractivity contribution in [2.45, 2.75) is 39.5 Å². The molecule has 1 heterocycles. The van der Waals surface area contributed by atoms with E-state index < -0.39 is 0 Å². The number of aromatic nitrogens is 1. The van der Waals surface area contributed by atoms with Crippen molar-refractivity contribution >= 4 is 17.3 Å².